The number of benzene rings is 10. The maximum Gasteiger partial charge on any atom is 0.164 e. The Morgan fingerprint density at radius 2 is 0.595 bits per heavy atom. The molecule has 1 fully saturated rings. The van der Waals surface area contributed by atoms with Crippen LogP contribution < -0.4 is 0 Å². The second-order valence-corrected chi connectivity index (χ2v) is 19.5. The first-order chi connectivity index (χ1) is 36.6. The monoisotopic (exact) mass is 949 g/mol. The summed E-state index contributed by atoms with van der Waals surface area (Å²) in [5, 5.41) is 4.94. The number of nitrogens with zero attached hydrogens (tertiary/aromatic N) is 5. The van der Waals surface area contributed by atoms with Crippen LogP contribution in [0.5, 0.6) is 0 Å². The van der Waals surface area contributed by atoms with Gasteiger partial charge in [-0.3, -0.25) is 0 Å². The van der Waals surface area contributed by atoms with Crippen LogP contribution in [0.15, 0.2) is 249 Å². The Hall–Kier alpha value is -9.19. The van der Waals surface area contributed by atoms with E-state index in [1.165, 1.54) is 68.6 Å². The molecule has 0 atom stereocenters. The minimum absolute atomic E-state index is 0.127. The normalized spacial score (nSPS) is 13.2. The van der Waals surface area contributed by atoms with Gasteiger partial charge in [-0.2, -0.15) is 0 Å². The summed E-state index contributed by atoms with van der Waals surface area (Å²) in [6.07, 6.45) is 5.76. The Kier molecular flexibility index (Phi) is 11.7. The molecule has 10 aromatic carbocycles. The zero-order valence-corrected chi connectivity index (χ0v) is 40.9. The van der Waals surface area contributed by atoms with Crippen molar-refractivity contribution in [3.05, 3.63) is 260 Å². The quantitative estimate of drug-likeness (QED) is 0.137. The van der Waals surface area contributed by atoms with E-state index in [-0.39, 0.29) is 5.41 Å². The van der Waals surface area contributed by atoms with E-state index in [9.17, 15) is 0 Å². The number of aromatic nitrogens is 5. The molecule has 74 heavy (non-hydrogen) atoms. The largest absolute Gasteiger partial charge is 0.228 e. The van der Waals surface area contributed by atoms with E-state index in [0.717, 1.165) is 63.2 Å². The van der Waals surface area contributed by atoms with E-state index >= 15 is 0 Å². The van der Waals surface area contributed by atoms with Crippen LogP contribution in [0, 0.1) is 0 Å². The maximum absolute atomic E-state index is 5.20. The van der Waals surface area contributed by atoms with Gasteiger partial charge in [0.2, 0.25) is 0 Å². The van der Waals surface area contributed by atoms with E-state index < -0.39 is 0 Å². The van der Waals surface area contributed by atoms with E-state index in [4.69, 9.17) is 24.9 Å². The van der Waals surface area contributed by atoms with Gasteiger partial charge in [-0.15, -0.1) is 0 Å². The minimum atomic E-state index is -0.127. The van der Waals surface area contributed by atoms with Gasteiger partial charge >= 0.3 is 0 Å². The van der Waals surface area contributed by atoms with Crippen LogP contribution >= 0.6 is 0 Å². The van der Waals surface area contributed by atoms with Crippen molar-refractivity contribution in [2.45, 2.75) is 37.5 Å². The Morgan fingerprint density at radius 1 is 0.257 bits per heavy atom. The van der Waals surface area contributed by atoms with Crippen molar-refractivity contribution < 1.29 is 0 Å². The summed E-state index contributed by atoms with van der Waals surface area (Å²) in [6.45, 7) is 0. The molecule has 0 amide bonds. The van der Waals surface area contributed by atoms with Crippen molar-refractivity contribution in [1.82, 2.24) is 24.9 Å². The fraction of sp³-hybridized carbons (Fsp3) is 0.0870. The molecule has 1 aliphatic rings. The third kappa shape index (κ3) is 8.62. The molecule has 0 radical (unpaired) electrons. The first-order valence-electron chi connectivity index (χ1n) is 25.8. The van der Waals surface area contributed by atoms with Gasteiger partial charge in [0.05, 0.1) is 11.4 Å². The molecule has 0 bridgehead atoms. The van der Waals surface area contributed by atoms with Gasteiger partial charge in [-0.1, -0.05) is 262 Å². The van der Waals surface area contributed by atoms with E-state index in [0.29, 0.717) is 23.3 Å². The molecule has 5 heteroatoms. The highest BCUT2D eigenvalue weighted by atomic mass is 15.0. The van der Waals surface area contributed by atoms with E-state index in [2.05, 4.69) is 212 Å². The molecule has 1 aliphatic carbocycles. The first kappa shape index (κ1) is 44.7. The van der Waals surface area contributed by atoms with Crippen LogP contribution in [-0.2, 0) is 5.41 Å². The average molecular weight is 950 g/mol. The molecule has 0 unspecified atom stereocenters. The van der Waals surface area contributed by atoms with Gasteiger partial charge in [0.1, 0.15) is 0 Å². The van der Waals surface area contributed by atoms with Crippen molar-refractivity contribution >= 4 is 21.5 Å². The Bertz CT molecular complexity index is 3670. The van der Waals surface area contributed by atoms with Gasteiger partial charge < -0.3 is 0 Å². The highest BCUT2D eigenvalue weighted by Gasteiger charge is 2.36. The topological polar surface area (TPSA) is 64.5 Å². The van der Waals surface area contributed by atoms with E-state index in [1.807, 2.05) is 36.4 Å². The number of fused-ring (bicyclic) bond motifs is 2. The molecular weight excluding hydrogens is 899 g/mol. The number of hydrogen-bond donors (Lipinski definition) is 0. The van der Waals surface area contributed by atoms with E-state index in [1.54, 1.807) is 0 Å². The van der Waals surface area contributed by atoms with Crippen molar-refractivity contribution in [3.63, 3.8) is 0 Å². The van der Waals surface area contributed by atoms with Gasteiger partial charge in [-0.05, 0) is 73.8 Å². The van der Waals surface area contributed by atoms with Gasteiger partial charge in [0, 0.05) is 38.8 Å². The lowest BCUT2D eigenvalue weighted by Crippen LogP contribution is -2.30. The summed E-state index contributed by atoms with van der Waals surface area (Å²) in [5.74, 6) is 2.66. The predicted octanol–water partition coefficient (Wildman–Crippen LogP) is 17.6. The number of rotatable bonds is 10. The second-order valence-electron chi connectivity index (χ2n) is 19.5. The molecule has 12 aromatic rings. The van der Waals surface area contributed by atoms with Gasteiger partial charge in [0.25, 0.3) is 0 Å². The molecular formula is C69H51N5. The third-order valence-corrected chi connectivity index (χ3v) is 15.1. The molecule has 0 N–H and O–H groups in total. The molecule has 0 aliphatic heterocycles. The van der Waals surface area contributed by atoms with Crippen molar-refractivity contribution in [2.24, 2.45) is 0 Å². The molecule has 0 saturated heterocycles. The summed E-state index contributed by atoms with van der Waals surface area (Å²) >= 11 is 0. The second kappa shape index (κ2) is 19.4. The third-order valence-electron chi connectivity index (χ3n) is 15.1. The highest BCUT2D eigenvalue weighted by Crippen LogP contribution is 2.46. The summed E-state index contributed by atoms with van der Waals surface area (Å²) in [4.78, 5) is 25.7. The lowest BCUT2D eigenvalue weighted by Gasteiger charge is -2.39. The molecule has 2 aromatic heterocycles. The molecule has 352 valence electrons. The van der Waals surface area contributed by atoms with Gasteiger partial charge in [-0.25, -0.2) is 24.9 Å². The Balaban J connectivity index is 0.820. The van der Waals surface area contributed by atoms with Crippen LogP contribution in [0.25, 0.3) is 112 Å². The predicted molar refractivity (Wildman–Crippen MR) is 304 cm³/mol. The summed E-state index contributed by atoms with van der Waals surface area (Å²) in [7, 11) is 0. The zero-order valence-electron chi connectivity index (χ0n) is 40.9. The average Bonchev–Trinajstić information content (AvgIpc) is 3.49. The van der Waals surface area contributed by atoms with Crippen molar-refractivity contribution in [2.75, 3.05) is 0 Å². The summed E-state index contributed by atoms with van der Waals surface area (Å²) in [5.41, 5.74) is 15.0. The lowest BCUT2D eigenvalue weighted by molar-refractivity contribution is 0.346. The Morgan fingerprint density at radius 3 is 1.05 bits per heavy atom. The van der Waals surface area contributed by atoms with Crippen LogP contribution in [0.1, 0.15) is 43.2 Å². The highest BCUT2D eigenvalue weighted by molar-refractivity contribution is 5.98. The van der Waals surface area contributed by atoms with Crippen LogP contribution in [0.3, 0.4) is 0 Å². The SMILES string of the molecule is c1ccc(-c2nc(-c3ccc(-c4cccc5ccccc45)cc3)cc(-c3ccc(C4(c5ccc(-c6nc(-c7ccccc7)nc(-c7ccc(-c8cccc9ccccc89)cc7)n6)cc5)CCCCC4)cc3)n2)cc1. The lowest BCUT2D eigenvalue weighted by atomic mass is 9.65. The zero-order chi connectivity index (χ0) is 49.3. The first-order valence-corrected chi connectivity index (χ1v) is 25.8. The van der Waals surface area contributed by atoms with Crippen LogP contribution in [-0.4, -0.2) is 24.9 Å². The van der Waals surface area contributed by atoms with Crippen molar-refractivity contribution in [3.8, 4) is 90.3 Å². The summed E-state index contributed by atoms with van der Waals surface area (Å²) < 4.78 is 0. The smallest absolute Gasteiger partial charge is 0.164 e. The standard InChI is InChI=1S/C69H51N5/c1-4-18-53(19-5-1)65-70-63(51-32-28-49(29-33-51)61-26-14-22-47-16-8-10-24-59(47)61)46-64(71-65)52-36-40-57(41-37-52)69(44-12-3-13-45-69)58-42-38-56(39-43-58)68-73-66(54-20-6-2-7-21-54)72-67(74-68)55-34-30-50(31-35-55)62-27-15-23-48-17-9-11-25-60(48)62/h1-2,4-11,14-43,46H,3,12-13,44-45H2. The fourth-order valence-electron chi connectivity index (χ4n) is 11.2. The minimum Gasteiger partial charge on any atom is -0.228 e. The van der Waals surface area contributed by atoms with Crippen molar-refractivity contribution in [1.29, 1.82) is 0 Å². The molecule has 1 saturated carbocycles. The number of hydrogen-bond acceptors (Lipinski definition) is 5. The summed E-state index contributed by atoms with van der Waals surface area (Å²) in [6, 6.07) is 88.4. The fourth-order valence-corrected chi connectivity index (χ4v) is 11.2. The van der Waals surface area contributed by atoms with Gasteiger partial charge in [0.15, 0.2) is 23.3 Å². The molecule has 5 nitrogen and oxygen atoms in total. The van der Waals surface area contributed by atoms with Crippen LogP contribution in [0.4, 0.5) is 0 Å². The molecule has 0 spiro atoms. The maximum atomic E-state index is 5.20. The van der Waals surface area contributed by atoms with Crippen LogP contribution in [0.2, 0.25) is 0 Å². The molecule has 13 rings (SSSR count). The molecule has 2 heterocycles. The Labute approximate surface area is 432 Å².